The van der Waals surface area contributed by atoms with E-state index in [9.17, 15) is 24.9 Å². The van der Waals surface area contributed by atoms with Crippen molar-refractivity contribution in [2.45, 2.75) is 29.5 Å². The number of hydrogen-bond donors (Lipinski definition) is 4. The lowest BCUT2D eigenvalue weighted by molar-refractivity contribution is -0.144. The van der Waals surface area contributed by atoms with Crippen LogP contribution in [0.5, 0.6) is 0 Å². The molecule has 1 amide bonds. The summed E-state index contributed by atoms with van der Waals surface area (Å²) in [6, 6.07) is 14.0. The summed E-state index contributed by atoms with van der Waals surface area (Å²) in [5.74, 6) is -1.22. The predicted molar refractivity (Wildman–Crippen MR) is 105 cm³/mol. The average Bonchev–Trinajstić information content (AvgIpc) is 3.43. The number of aliphatic hydroxyl groups excluding tert-OH is 2. The summed E-state index contributed by atoms with van der Waals surface area (Å²) in [7, 11) is 0. The van der Waals surface area contributed by atoms with Crippen LogP contribution in [-0.4, -0.2) is 62.5 Å². The number of Topliss-reactive ketones (excluding diaryl/α,β-unsaturated/α-hetero) is 1. The Balaban J connectivity index is 1.71. The molecule has 4 heterocycles. The highest BCUT2D eigenvalue weighted by atomic mass is 16.6. The molecule has 0 spiro atoms. The number of amides is 1. The van der Waals surface area contributed by atoms with Crippen molar-refractivity contribution in [3.63, 3.8) is 0 Å². The van der Waals surface area contributed by atoms with E-state index >= 15 is 0 Å². The molecule has 5 unspecified atom stereocenters. The van der Waals surface area contributed by atoms with Crippen LogP contribution in [0.15, 0.2) is 54.7 Å². The van der Waals surface area contributed by atoms with E-state index in [1.165, 1.54) is 4.90 Å². The first-order valence-electron chi connectivity index (χ1n) is 9.69. The highest BCUT2D eigenvalue weighted by molar-refractivity contribution is 6.26. The number of aromatic nitrogens is 1. The number of ether oxygens (including phenoxy) is 1. The number of carbonyl (C=O) groups excluding carboxylic acids is 2. The van der Waals surface area contributed by atoms with Gasteiger partial charge in [0.2, 0.25) is 5.60 Å². The minimum atomic E-state index is -2.37. The first-order chi connectivity index (χ1) is 14.5. The predicted octanol–water partition coefficient (Wildman–Crippen LogP) is 0.458. The van der Waals surface area contributed by atoms with E-state index < -0.39 is 47.7 Å². The Hall–Kier alpha value is -3.04. The van der Waals surface area contributed by atoms with Gasteiger partial charge in [0.25, 0.3) is 5.91 Å². The van der Waals surface area contributed by atoms with Crippen molar-refractivity contribution in [2.24, 2.45) is 0 Å². The lowest BCUT2D eigenvalue weighted by Gasteiger charge is -2.34. The Morgan fingerprint density at radius 2 is 1.83 bits per heavy atom. The maximum atomic E-state index is 13.9. The van der Waals surface area contributed by atoms with Crippen LogP contribution in [0.1, 0.15) is 15.9 Å². The average molecular weight is 406 g/mol. The Bertz CT molecular complexity index is 1240. The van der Waals surface area contributed by atoms with Crippen molar-refractivity contribution in [3.8, 4) is 0 Å². The van der Waals surface area contributed by atoms with Crippen molar-refractivity contribution < 1.29 is 29.6 Å². The molecule has 0 aliphatic carbocycles. The number of fused-ring (bicyclic) bond motifs is 6. The molecule has 4 N–H and O–H groups in total. The number of aliphatic hydroxyl groups is 3. The topological polar surface area (TPSA) is 123 Å². The molecule has 2 saturated heterocycles. The Morgan fingerprint density at radius 1 is 1.10 bits per heavy atom. The number of anilines is 1. The first-order valence-corrected chi connectivity index (χ1v) is 9.69. The summed E-state index contributed by atoms with van der Waals surface area (Å²) < 4.78 is 5.86. The molecule has 3 aromatic rings. The zero-order valence-electron chi connectivity index (χ0n) is 15.6. The van der Waals surface area contributed by atoms with Crippen LogP contribution in [0.3, 0.4) is 0 Å². The molecule has 8 nitrogen and oxygen atoms in total. The standard InChI is InChI=1S/C22H18N2O6/c25-10-16-18(27)22(29)19(30-16)21(13-9-23-14-7-3-1-5-11(13)14)17(26)12-6-2-4-8-15(12)24(21)20(22)28/h1-9,16,18-19,23,25,27,29H,10H2. The molecule has 0 saturated carbocycles. The Labute approximate surface area is 170 Å². The van der Waals surface area contributed by atoms with Crippen molar-refractivity contribution >= 4 is 28.3 Å². The van der Waals surface area contributed by atoms with Crippen molar-refractivity contribution in [2.75, 3.05) is 11.5 Å². The van der Waals surface area contributed by atoms with Crippen LogP contribution in [0.4, 0.5) is 5.69 Å². The number of nitrogens with zero attached hydrogens (tertiary/aromatic N) is 1. The summed E-state index contributed by atoms with van der Waals surface area (Å²) in [5.41, 5.74) is -2.15. The highest BCUT2D eigenvalue weighted by Crippen LogP contribution is 2.59. The molecular formula is C22H18N2O6. The summed E-state index contributed by atoms with van der Waals surface area (Å²) >= 11 is 0. The van der Waals surface area contributed by atoms with Crippen LogP contribution in [0.2, 0.25) is 0 Å². The zero-order valence-corrected chi connectivity index (χ0v) is 15.6. The molecule has 30 heavy (non-hydrogen) atoms. The van der Waals surface area contributed by atoms with Gasteiger partial charge in [-0.05, 0) is 18.2 Å². The Morgan fingerprint density at radius 3 is 2.63 bits per heavy atom. The van der Waals surface area contributed by atoms with Crippen LogP contribution in [-0.2, 0) is 15.1 Å². The molecule has 8 heteroatoms. The number of para-hydroxylation sites is 2. The summed E-state index contributed by atoms with van der Waals surface area (Å²) in [4.78, 5) is 31.9. The maximum Gasteiger partial charge on any atom is 0.265 e. The van der Waals surface area contributed by atoms with Crippen LogP contribution in [0, 0.1) is 0 Å². The van der Waals surface area contributed by atoms with Gasteiger partial charge in [-0.3, -0.25) is 14.5 Å². The second-order valence-electron chi connectivity index (χ2n) is 8.01. The Kier molecular flexibility index (Phi) is 3.29. The van der Waals surface area contributed by atoms with Gasteiger partial charge in [0.1, 0.15) is 18.3 Å². The lowest BCUT2D eigenvalue weighted by Crippen LogP contribution is -2.54. The van der Waals surface area contributed by atoms with Crippen LogP contribution >= 0.6 is 0 Å². The van der Waals surface area contributed by atoms with E-state index in [1.54, 1.807) is 30.5 Å². The van der Waals surface area contributed by atoms with Crippen molar-refractivity contribution in [3.05, 3.63) is 65.9 Å². The largest absolute Gasteiger partial charge is 0.394 e. The molecule has 6 rings (SSSR count). The van der Waals surface area contributed by atoms with Crippen molar-refractivity contribution in [1.82, 2.24) is 4.98 Å². The van der Waals surface area contributed by atoms with Gasteiger partial charge in [-0.15, -0.1) is 0 Å². The molecule has 0 radical (unpaired) electrons. The van der Waals surface area contributed by atoms with Gasteiger partial charge >= 0.3 is 0 Å². The van der Waals surface area contributed by atoms with Gasteiger partial charge < -0.3 is 25.0 Å². The normalized spacial score (nSPS) is 34.5. The van der Waals surface area contributed by atoms with Crippen LogP contribution < -0.4 is 4.90 Å². The van der Waals surface area contributed by atoms with Gasteiger partial charge in [-0.25, -0.2) is 0 Å². The maximum absolute atomic E-state index is 13.9. The van der Waals surface area contributed by atoms with Gasteiger partial charge in [-0.1, -0.05) is 30.3 Å². The third-order valence-electron chi connectivity index (χ3n) is 6.71. The molecule has 3 aliphatic heterocycles. The second-order valence-corrected chi connectivity index (χ2v) is 8.01. The summed E-state index contributed by atoms with van der Waals surface area (Å²) in [6.45, 7) is -0.599. The number of benzene rings is 2. The van der Waals surface area contributed by atoms with Gasteiger partial charge in [0.05, 0.1) is 12.3 Å². The van der Waals surface area contributed by atoms with E-state index in [2.05, 4.69) is 4.98 Å². The van der Waals surface area contributed by atoms with E-state index in [0.717, 1.165) is 5.52 Å². The quantitative estimate of drug-likeness (QED) is 0.490. The fourth-order valence-corrected chi connectivity index (χ4v) is 5.40. The summed E-state index contributed by atoms with van der Waals surface area (Å²) in [6.07, 6.45) is -2.62. The fraction of sp³-hybridized carbons (Fsp3) is 0.273. The number of nitrogens with one attached hydrogen (secondary N) is 1. The number of carbonyl (C=O) groups is 2. The first kappa shape index (κ1) is 17.8. The van der Waals surface area contributed by atoms with Gasteiger partial charge in [-0.2, -0.15) is 0 Å². The molecule has 3 aliphatic rings. The monoisotopic (exact) mass is 406 g/mol. The van der Waals surface area contributed by atoms with Gasteiger partial charge in [0, 0.05) is 28.2 Å². The third-order valence-corrected chi connectivity index (χ3v) is 6.71. The van der Waals surface area contributed by atoms with E-state index in [0.29, 0.717) is 22.2 Å². The molecular weight excluding hydrogens is 388 g/mol. The number of hydrogen-bond acceptors (Lipinski definition) is 6. The van der Waals surface area contributed by atoms with E-state index in [-0.39, 0.29) is 0 Å². The number of aromatic amines is 1. The minimum absolute atomic E-state index is 0.337. The summed E-state index contributed by atoms with van der Waals surface area (Å²) in [5, 5.41) is 32.5. The number of rotatable bonds is 2. The van der Waals surface area contributed by atoms with Gasteiger partial charge in [0.15, 0.2) is 11.3 Å². The lowest BCUT2D eigenvalue weighted by atomic mass is 9.76. The zero-order chi connectivity index (χ0) is 20.8. The minimum Gasteiger partial charge on any atom is -0.394 e. The molecule has 2 aromatic carbocycles. The third kappa shape index (κ3) is 1.69. The van der Waals surface area contributed by atoms with Crippen molar-refractivity contribution in [1.29, 1.82) is 0 Å². The smallest absolute Gasteiger partial charge is 0.265 e. The SMILES string of the molecule is O=C1N2c3ccccc3C(=O)C2(c2c[nH]c3ccccc23)C2OC(CO)C(O)C12O. The van der Waals surface area contributed by atoms with E-state index in [1.807, 2.05) is 24.3 Å². The molecule has 1 aromatic heterocycles. The number of H-pyrrole nitrogens is 1. The molecule has 5 atom stereocenters. The van der Waals surface area contributed by atoms with Crippen LogP contribution in [0.25, 0.3) is 10.9 Å². The number of ketones is 1. The highest BCUT2D eigenvalue weighted by Gasteiger charge is 2.80. The second kappa shape index (κ2) is 5.55. The fourth-order valence-electron chi connectivity index (χ4n) is 5.40. The molecule has 0 bridgehead atoms. The molecule has 152 valence electrons. The molecule has 2 fully saturated rings. The van der Waals surface area contributed by atoms with E-state index in [4.69, 9.17) is 4.74 Å².